The molecule has 1 aromatic carbocycles. The fraction of sp³-hybridized carbons (Fsp3) is 0.417. The van der Waals surface area contributed by atoms with Crippen LogP contribution >= 0.6 is 0 Å². The molecule has 1 heterocycles. The lowest BCUT2D eigenvalue weighted by molar-refractivity contribution is -0.255. The molecule has 19 heavy (non-hydrogen) atoms. The zero-order valence-corrected chi connectivity index (χ0v) is 11.0. The van der Waals surface area contributed by atoms with Gasteiger partial charge in [0.15, 0.2) is 0 Å². The molecule has 0 bridgehead atoms. The average Bonchev–Trinajstić information content (AvgIpc) is 2.90. The van der Waals surface area contributed by atoms with E-state index in [4.69, 9.17) is 4.74 Å². The predicted molar refractivity (Wildman–Crippen MR) is 64.9 cm³/mol. The van der Waals surface area contributed by atoms with Crippen molar-refractivity contribution in [1.29, 1.82) is 0 Å². The van der Waals surface area contributed by atoms with E-state index < -0.39 is 16.0 Å². The van der Waals surface area contributed by atoms with Crippen LogP contribution < -0.4 is 9.83 Å². The summed E-state index contributed by atoms with van der Waals surface area (Å²) in [5, 5.41) is 10.6. The number of aromatic carboxylic acids is 1. The third kappa shape index (κ3) is 3.52. The van der Waals surface area contributed by atoms with Crippen molar-refractivity contribution in [3.05, 3.63) is 29.8 Å². The largest absolute Gasteiger partial charge is 0.545 e. The third-order valence-corrected chi connectivity index (χ3v) is 4.36. The van der Waals surface area contributed by atoms with Crippen LogP contribution in [0, 0.1) is 0 Å². The molecule has 6 nitrogen and oxygen atoms in total. The van der Waals surface area contributed by atoms with Gasteiger partial charge in [-0.25, -0.2) is 13.1 Å². The van der Waals surface area contributed by atoms with Crippen molar-refractivity contribution >= 4 is 16.0 Å². The molecule has 7 heteroatoms. The van der Waals surface area contributed by atoms with Crippen LogP contribution in [0.3, 0.4) is 0 Å². The lowest BCUT2D eigenvalue weighted by atomic mass is 10.2. The summed E-state index contributed by atoms with van der Waals surface area (Å²) in [6, 6.07) is 4.89. The Bertz CT molecular complexity index is 546. The van der Waals surface area contributed by atoms with E-state index in [1.807, 2.05) is 0 Å². The van der Waals surface area contributed by atoms with Crippen molar-refractivity contribution in [1.82, 2.24) is 4.72 Å². The average molecular weight is 284 g/mol. The van der Waals surface area contributed by atoms with Crippen LogP contribution in [-0.2, 0) is 14.8 Å². The van der Waals surface area contributed by atoms with Crippen molar-refractivity contribution < 1.29 is 23.1 Å². The number of carbonyl (C=O) groups is 1. The van der Waals surface area contributed by atoms with Crippen LogP contribution in [0.25, 0.3) is 0 Å². The second-order valence-corrected chi connectivity index (χ2v) is 6.07. The molecule has 1 saturated heterocycles. The fourth-order valence-electron chi connectivity index (χ4n) is 1.86. The Balaban J connectivity index is 2.03. The van der Waals surface area contributed by atoms with Crippen molar-refractivity contribution in [2.45, 2.75) is 23.8 Å². The van der Waals surface area contributed by atoms with Crippen molar-refractivity contribution in [3.63, 3.8) is 0 Å². The summed E-state index contributed by atoms with van der Waals surface area (Å²) in [6.07, 6.45) is 1.69. The molecule has 1 aliphatic rings. The Hall–Kier alpha value is -1.44. The fourth-order valence-corrected chi connectivity index (χ4v) is 2.93. The number of rotatable bonds is 5. The number of sulfonamides is 1. The minimum absolute atomic E-state index is 0.0236. The topological polar surface area (TPSA) is 95.5 Å². The monoisotopic (exact) mass is 284 g/mol. The first-order valence-corrected chi connectivity index (χ1v) is 7.40. The van der Waals surface area contributed by atoms with Gasteiger partial charge in [-0.05, 0) is 30.5 Å². The van der Waals surface area contributed by atoms with E-state index in [1.54, 1.807) is 0 Å². The van der Waals surface area contributed by atoms with Crippen LogP contribution in [0.1, 0.15) is 23.2 Å². The summed E-state index contributed by atoms with van der Waals surface area (Å²) in [4.78, 5) is 10.6. The molecule has 0 aliphatic carbocycles. The van der Waals surface area contributed by atoms with E-state index in [2.05, 4.69) is 4.72 Å². The highest BCUT2D eigenvalue weighted by Gasteiger charge is 2.20. The maximum atomic E-state index is 11.9. The SMILES string of the molecule is O=C([O-])c1ccc(S(=O)(=O)NCC2CCCO2)cc1. The molecular formula is C12H14NO5S-. The number of carbonyl (C=O) groups excluding carboxylic acids is 1. The highest BCUT2D eigenvalue weighted by atomic mass is 32.2. The zero-order valence-electron chi connectivity index (χ0n) is 10.2. The number of hydrogen-bond donors (Lipinski definition) is 1. The lowest BCUT2D eigenvalue weighted by Gasteiger charge is -2.11. The highest BCUT2D eigenvalue weighted by molar-refractivity contribution is 7.89. The van der Waals surface area contributed by atoms with Crippen LogP contribution in [-0.4, -0.2) is 33.6 Å². The minimum atomic E-state index is -3.63. The van der Waals surface area contributed by atoms with Crippen LogP contribution in [0.2, 0.25) is 0 Å². The molecule has 104 valence electrons. The van der Waals surface area contributed by atoms with Gasteiger partial charge in [-0.1, -0.05) is 12.1 Å². The normalized spacial score (nSPS) is 19.5. The van der Waals surface area contributed by atoms with Crippen molar-refractivity contribution in [2.24, 2.45) is 0 Å². The van der Waals surface area contributed by atoms with Gasteiger partial charge in [-0.3, -0.25) is 0 Å². The number of hydrogen-bond acceptors (Lipinski definition) is 5. The molecule has 2 rings (SSSR count). The first-order chi connectivity index (χ1) is 8.99. The van der Waals surface area contributed by atoms with Gasteiger partial charge in [0.25, 0.3) is 0 Å². The maximum absolute atomic E-state index is 11.9. The first kappa shape index (κ1) is 14.0. The van der Waals surface area contributed by atoms with Gasteiger partial charge in [-0.15, -0.1) is 0 Å². The molecule has 0 spiro atoms. The Morgan fingerprint density at radius 3 is 2.58 bits per heavy atom. The van der Waals surface area contributed by atoms with E-state index in [0.29, 0.717) is 6.61 Å². The number of nitrogens with one attached hydrogen (secondary N) is 1. The molecule has 1 aromatic rings. The third-order valence-electron chi connectivity index (χ3n) is 2.93. The second-order valence-electron chi connectivity index (χ2n) is 4.30. The molecule has 0 aromatic heterocycles. The molecular weight excluding hydrogens is 270 g/mol. The van der Waals surface area contributed by atoms with E-state index in [-0.39, 0.29) is 23.1 Å². The lowest BCUT2D eigenvalue weighted by Crippen LogP contribution is -2.31. The molecule has 1 N–H and O–H groups in total. The summed E-state index contributed by atoms with van der Waals surface area (Å²) in [5.74, 6) is -1.34. The van der Waals surface area contributed by atoms with Crippen LogP contribution in [0.5, 0.6) is 0 Å². The maximum Gasteiger partial charge on any atom is 0.240 e. The van der Waals surface area contributed by atoms with Crippen molar-refractivity contribution in [3.8, 4) is 0 Å². The predicted octanol–water partition coefficient (Wildman–Crippen LogP) is -0.493. The second kappa shape index (κ2) is 5.68. The summed E-state index contributed by atoms with van der Waals surface area (Å²) < 4.78 is 31.7. The van der Waals surface area contributed by atoms with Gasteiger partial charge in [0.05, 0.1) is 17.0 Å². The van der Waals surface area contributed by atoms with Gasteiger partial charge in [0, 0.05) is 13.2 Å². The van der Waals surface area contributed by atoms with Gasteiger partial charge in [-0.2, -0.15) is 0 Å². The molecule has 1 atom stereocenters. The smallest absolute Gasteiger partial charge is 0.240 e. The Morgan fingerprint density at radius 2 is 2.05 bits per heavy atom. The first-order valence-electron chi connectivity index (χ1n) is 5.92. The number of carboxylic acids is 1. The highest BCUT2D eigenvalue weighted by Crippen LogP contribution is 2.13. The molecule has 1 aliphatic heterocycles. The minimum Gasteiger partial charge on any atom is -0.545 e. The molecule has 1 fully saturated rings. The zero-order chi connectivity index (χ0) is 13.9. The van der Waals surface area contributed by atoms with Crippen LogP contribution in [0.15, 0.2) is 29.2 Å². The van der Waals surface area contributed by atoms with Crippen LogP contribution in [0.4, 0.5) is 0 Å². The Labute approximate surface area is 111 Å². The number of carboxylic acid groups (broad SMARTS) is 1. The van der Waals surface area contributed by atoms with E-state index >= 15 is 0 Å². The molecule has 0 amide bonds. The van der Waals surface area contributed by atoms with E-state index in [9.17, 15) is 18.3 Å². The Morgan fingerprint density at radius 1 is 1.37 bits per heavy atom. The van der Waals surface area contributed by atoms with Gasteiger partial charge < -0.3 is 14.6 Å². The summed E-state index contributed by atoms with van der Waals surface area (Å²) >= 11 is 0. The molecule has 0 radical (unpaired) electrons. The van der Waals surface area contributed by atoms with E-state index in [0.717, 1.165) is 12.8 Å². The quantitative estimate of drug-likeness (QED) is 0.787. The van der Waals surface area contributed by atoms with E-state index in [1.165, 1.54) is 24.3 Å². The van der Waals surface area contributed by atoms with Gasteiger partial charge in [0.1, 0.15) is 0 Å². The molecule has 0 saturated carbocycles. The number of ether oxygens (including phenoxy) is 1. The summed E-state index contributed by atoms with van der Waals surface area (Å²) in [5.41, 5.74) is -0.0573. The van der Waals surface area contributed by atoms with Gasteiger partial charge >= 0.3 is 0 Å². The standard InChI is InChI=1S/C12H15NO5S/c14-12(15)9-3-5-11(6-4-9)19(16,17)13-8-10-2-1-7-18-10/h3-6,10,13H,1-2,7-8H2,(H,14,15)/p-1. The number of benzene rings is 1. The van der Waals surface area contributed by atoms with Crippen molar-refractivity contribution in [2.75, 3.05) is 13.2 Å². The summed E-state index contributed by atoms with van der Waals surface area (Å²) in [6.45, 7) is 0.886. The Kier molecular flexibility index (Phi) is 4.18. The summed E-state index contributed by atoms with van der Waals surface area (Å²) in [7, 11) is -3.63. The molecule has 1 unspecified atom stereocenters. The van der Waals surface area contributed by atoms with Gasteiger partial charge in [0.2, 0.25) is 10.0 Å².